The predicted octanol–water partition coefficient (Wildman–Crippen LogP) is 7.42. The molecule has 0 bridgehead atoms. The smallest absolute Gasteiger partial charge is 0.191 e. The van der Waals surface area contributed by atoms with Crippen molar-refractivity contribution in [3.05, 3.63) is 10.4 Å². The monoisotopic (exact) mass is 463 g/mol. The summed E-state index contributed by atoms with van der Waals surface area (Å²) in [6, 6.07) is 0. The molecule has 6 heteroatoms. The van der Waals surface area contributed by atoms with Gasteiger partial charge in [0.15, 0.2) is 8.32 Å². The molecule has 0 spiro atoms. The third kappa shape index (κ3) is 4.94. The number of fused-ring (bicyclic) bond motifs is 1. The molecule has 0 unspecified atom stereocenters. The highest BCUT2D eigenvalue weighted by molar-refractivity contribution is 6.74. The summed E-state index contributed by atoms with van der Waals surface area (Å²) < 4.78 is 6.76. The van der Waals surface area contributed by atoms with Crippen LogP contribution in [0.25, 0.3) is 10.4 Å². The Morgan fingerprint density at radius 1 is 1.12 bits per heavy atom. The maximum Gasteiger partial charge on any atom is 0.191 e. The van der Waals surface area contributed by atoms with Gasteiger partial charge in [-0.3, -0.25) is 0 Å². The Bertz CT molecular complexity index is 702. The van der Waals surface area contributed by atoms with Gasteiger partial charge >= 0.3 is 0 Å². The van der Waals surface area contributed by atoms with Crippen molar-refractivity contribution in [1.82, 2.24) is 0 Å². The van der Waals surface area contributed by atoms with E-state index >= 15 is 0 Å². The van der Waals surface area contributed by atoms with E-state index in [1.165, 1.54) is 19.3 Å². The second kappa shape index (κ2) is 9.60. The summed E-state index contributed by atoms with van der Waals surface area (Å²) in [6.45, 7) is 20.3. The van der Waals surface area contributed by atoms with E-state index in [0.717, 1.165) is 43.6 Å². The topological polar surface area (TPSA) is 78.2 Å². The minimum absolute atomic E-state index is 0.127. The van der Waals surface area contributed by atoms with Crippen LogP contribution in [0, 0.1) is 46.8 Å². The van der Waals surface area contributed by atoms with Crippen LogP contribution in [-0.2, 0) is 4.43 Å². The molecular weight excluding hydrogens is 414 g/mol. The van der Waals surface area contributed by atoms with E-state index in [1.807, 2.05) is 0 Å². The summed E-state index contributed by atoms with van der Waals surface area (Å²) in [5.74, 6) is 4.31. The van der Waals surface area contributed by atoms with Crippen LogP contribution in [0.15, 0.2) is 5.11 Å². The number of aliphatic hydroxyl groups is 1. The molecule has 0 aromatic rings. The normalized spacial score (nSPS) is 42.9. The van der Waals surface area contributed by atoms with Gasteiger partial charge < -0.3 is 9.53 Å². The zero-order valence-electron chi connectivity index (χ0n) is 22.0. The summed E-state index contributed by atoms with van der Waals surface area (Å²) in [4.78, 5) is 3.18. The highest BCUT2D eigenvalue weighted by Crippen LogP contribution is 2.61. The highest BCUT2D eigenvalue weighted by Gasteiger charge is 2.55. The maximum absolute atomic E-state index is 10.6. The van der Waals surface area contributed by atoms with E-state index in [1.54, 1.807) is 0 Å². The van der Waals surface area contributed by atoms with Gasteiger partial charge in [-0.25, -0.2) is 0 Å². The van der Waals surface area contributed by atoms with E-state index in [-0.39, 0.29) is 16.6 Å². The molecule has 0 heterocycles. The van der Waals surface area contributed by atoms with Gasteiger partial charge in [0.1, 0.15) is 0 Å². The van der Waals surface area contributed by atoms with Crippen LogP contribution in [0.2, 0.25) is 18.1 Å². The van der Waals surface area contributed by atoms with Gasteiger partial charge in [0.05, 0.1) is 6.10 Å². The molecule has 9 atom stereocenters. The van der Waals surface area contributed by atoms with E-state index < -0.39 is 8.32 Å². The Balaban J connectivity index is 1.90. The first-order valence-electron chi connectivity index (χ1n) is 13.1. The van der Waals surface area contributed by atoms with Crippen molar-refractivity contribution in [1.29, 1.82) is 0 Å². The minimum Gasteiger partial charge on any atom is -0.417 e. The van der Waals surface area contributed by atoms with Crippen molar-refractivity contribution in [2.45, 2.75) is 104 Å². The second-order valence-corrected chi connectivity index (χ2v) is 18.2. The molecule has 5 nitrogen and oxygen atoms in total. The van der Waals surface area contributed by atoms with Crippen molar-refractivity contribution in [2.75, 3.05) is 13.2 Å². The van der Waals surface area contributed by atoms with Crippen LogP contribution in [0.1, 0.15) is 80.1 Å². The summed E-state index contributed by atoms with van der Waals surface area (Å²) in [5, 5.41) is 15.0. The fourth-order valence-electron chi connectivity index (χ4n) is 7.60. The minimum atomic E-state index is -1.85. The number of aliphatic hydroxyl groups excluding tert-OH is 1. The Labute approximate surface area is 197 Å². The van der Waals surface area contributed by atoms with Crippen LogP contribution in [0.5, 0.6) is 0 Å². The van der Waals surface area contributed by atoms with Crippen molar-refractivity contribution in [3.8, 4) is 0 Å². The lowest BCUT2D eigenvalue weighted by Gasteiger charge is -2.56. The first-order valence-corrected chi connectivity index (χ1v) is 16.1. The Morgan fingerprint density at radius 2 is 1.81 bits per heavy atom. The number of azide groups is 1. The fourth-order valence-corrected chi connectivity index (χ4v) is 8.65. The van der Waals surface area contributed by atoms with Crippen LogP contribution in [0.4, 0.5) is 0 Å². The zero-order chi connectivity index (χ0) is 23.9. The second-order valence-electron chi connectivity index (χ2n) is 13.4. The number of rotatable bonds is 6. The molecule has 3 aliphatic rings. The summed E-state index contributed by atoms with van der Waals surface area (Å²) >= 11 is 0. The number of nitrogens with zero attached hydrogens (tertiary/aromatic N) is 3. The number of hydrogen-bond donors (Lipinski definition) is 1. The molecule has 32 heavy (non-hydrogen) atoms. The Morgan fingerprint density at radius 3 is 2.44 bits per heavy atom. The molecule has 3 aliphatic carbocycles. The van der Waals surface area contributed by atoms with E-state index in [4.69, 9.17) is 9.96 Å². The van der Waals surface area contributed by atoms with Crippen molar-refractivity contribution in [2.24, 2.45) is 52.0 Å². The average molecular weight is 464 g/mol. The van der Waals surface area contributed by atoms with Gasteiger partial charge in [-0.2, -0.15) is 0 Å². The quantitative estimate of drug-likeness (QED) is 0.192. The first kappa shape index (κ1) is 26.1. The molecule has 3 saturated carbocycles. The Hall–Kier alpha value is -0.553. The largest absolute Gasteiger partial charge is 0.417 e. The Kier molecular flexibility index (Phi) is 7.82. The summed E-state index contributed by atoms with van der Waals surface area (Å²) in [5.41, 5.74) is 9.28. The number of hydrogen-bond acceptors (Lipinski definition) is 3. The molecule has 0 aliphatic heterocycles. The van der Waals surface area contributed by atoms with Crippen molar-refractivity contribution < 1.29 is 9.53 Å². The van der Waals surface area contributed by atoms with Crippen molar-refractivity contribution >= 4 is 8.32 Å². The SMILES string of the molecule is C[C@@H]1C[C@H]([C@@]2(C)CC[C@H](O)C[C@@H]2CO[Si](C)(C)C(C)(C)C)[C@@H](CN=[N+]=[N-])[C@H]2CC[C@H](C)[C@@H]21. The molecule has 0 aromatic heterocycles. The van der Waals surface area contributed by atoms with Gasteiger partial charge in [-0.15, -0.1) is 0 Å². The molecule has 0 saturated heterocycles. The molecular formula is C26H49N3O2Si. The standard InChI is InChI=1S/C26H49N3O2Si/c1-17-9-10-21-22(15-28-29-27)23(13-18(2)24(17)21)26(6)12-11-20(30)14-19(26)16-31-32(7,8)25(3,4)5/h17-24,30H,9-16H2,1-8H3/t17-,18+,19+,20-,21+,22-,23-,24+,26-/m0/s1. The van der Waals surface area contributed by atoms with Gasteiger partial charge in [-0.05, 0) is 103 Å². The lowest BCUT2D eigenvalue weighted by atomic mass is 9.50. The van der Waals surface area contributed by atoms with E-state index in [2.05, 4.69) is 64.7 Å². The summed E-state index contributed by atoms with van der Waals surface area (Å²) in [6.07, 6.45) is 6.38. The fraction of sp³-hybridized carbons (Fsp3) is 1.00. The third-order valence-corrected chi connectivity index (χ3v) is 15.1. The van der Waals surface area contributed by atoms with Gasteiger partial charge in [0, 0.05) is 18.1 Å². The third-order valence-electron chi connectivity index (χ3n) is 10.6. The van der Waals surface area contributed by atoms with Crippen LogP contribution >= 0.6 is 0 Å². The molecule has 184 valence electrons. The molecule has 3 fully saturated rings. The predicted molar refractivity (Wildman–Crippen MR) is 135 cm³/mol. The molecule has 0 aromatic carbocycles. The average Bonchev–Trinajstić information content (AvgIpc) is 3.09. The zero-order valence-corrected chi connectivity index (χ0v) is 23.0. The molecule has 3 rings (SSSR count). The summed E-state index contributed by atoms with van der Waals surface area (Å²) in [7, 11) is -1.85. The van der Waals surface area contributed by atoms with Crippen LogP contribution < -0.4 is 0 Å². The maximum atomic E-state index is 10.6. The first-order chi connectivity index (χ1) is 14.8. The highest BCUT2D eigenvalue weighted by atomic mass is 28.4. The van der Waals surface area contributed by atoms with Gasteiger partial charge in [0.2, 0.25) is 0 Å². The van der Waals surface area contributed by atoms with Gasteiger partial charge in [0.25, 0.3) is 0 Å². The van der Waals surface area contributed by atoms with Crippen molar-refractivity contribution in [3.63, 3.8) is 0 Å². The lowest BCUT2D eigenvalue weighted by Crippen LogP contribution is -2.53. The van der Waals surface area contributed by atoms with E-state index in [0.29, 0.717) is 30.2 Å². The molecule has 1 N–H and O–H groups in total. The van der Waals surface area contributed by atoms with Crippen LogP contribution in [0.3, 0.4) is 0 Å². The van der Waals surface area contributed by atoms with E-state index in [9.17, 15) is 5.11 Å². The van der Waals surface area contributed by atoms with Gasteiger partial charge in [-0.1, -0.05) is 53.1 Å². The molecule has 0 amide bonds. The molecule has 0 radical (unpaired) electrons. The van der Waals surface area contributed by atoms with Crippen LogP contribution in [-0.4, -0.2) is 32.7 Å². The lowest BCUT2D eigenvalue weighted by molar-refractivity contribution is -0.0948.